The molecule has 1 aliphatic carbocycles. The van der Waals surface area contributed by atoms with Crippen LogP contribution < -0.4 is 4.90 Å². The number of rotatable bonds is 5. The standard InChI is InChI=1S/C15H17NO3/c17-14(10-12-6-4-5-7-12)16(11-15(18)19)13-8-2-1-3-9-13/h1-4,6,8-9,12H,5,7,10-11H2,(H,18,19). The first-order valence-corrected chi connectivity index (χ1v) is 6.40. The third-order valence-corrected chi connectivity index (χ3v) is 3.21. The van der Waals surface area contributed by atoms with Gasteiger partial charge in [-0.15, -0.1) is 0 Å². The summed E-state index contributed by atoms with van der Waals surface area (Å²) in [6.07, 6.45) is 6.46. The van der Waals surface area contributed by atoms with Crippen molar-refractivity contribution in [2.75, 3.05) is 11.4 Å². The lowest BCUT2D eigenvalue weighted by Gasteiger charge is -2.22. The van der Waals surface area contributed by atoms with E-state index in [0.717, 1.165) is 12.8 Å². The van der Waals surface area contributed by atoms with Gasteiger partial charge in [0.25, 0.3) is 0 Å². The Kier molecular flexibility index (Phi) is 4.34. The van der Waals surface area contributed by atoms with Gasteiger partial charge in [-0.25, -0.2) is 0 Å². The molecule has 1 amide bonds. The number of para-hydroxylation sites is 1. The number of anilines is 1. The molecule has 0 spiro atoms. The predicted molar refractivity (Wildman–Crippen MR) is 72.9 cm³/mol. The van der Waals surface area contributed by atoms with Crippen molar-refractivity contribution in [3.8, 4) is 0 Å². The Morgan fingerprint density at radius 2 is 2.00 bits per heavy atom. The minimum Gasteiger partial charge on any atom is -0.480 e. The molecule has 0 heterocycles. The molecule has 1 atom stereocenters. The van der Waals surface area contributed by atoms with Gasteiger partial charge in [-0.1, -0.05) is 30.4 Å². The summed E-state index contributed by atoms with van der Waals surface area (Å²) in [6.45, 7) is -0.292. The second-order valence-corrected chi connectivity index (χ2v) is 4.68. The van der Waals surface area contributed by atoms with Gasteiger partial charge in [-0.3, -0.25) is 9.59 Å². The van der Waals surface area contributed by atoms with Crippen LogP contribution in [0, 0.1) is 5.92 Å². The molecule has 0 aromatic heterocycles. The van der Waals surface area contributed by atoms with Crippen LogP contribution in [-0.4, -0.2) is 23.5 Å². The fourth-order valence-corrected chi connectivity index (χ4v) is 2.27. The van der Waals surface area contributed by atoms with E-state index in [1.54, 1.807) is 24.3 Å². The van der Waals surface area contributed by atoms with Crippen LogP contribution in [0.2, 0.25) is 0 Å². The van der Waals surface area contributed by atoms with Gasteiger partial charge >= 0.3 is 5.97 Å². The molecule has 4 heteroatoms. The molecule has 0 saturated carbocycles. The summed E-state index contributed by atoms with van der Waals surface area (Å²) in [5.74, 6) is -0.892. The van der Waals surface area contributed by atoms with Gasteiger partial charge in [-0.2, -0.15) is 0 Å². The number of amides is 1. The van der Waals surface area contributed by atoms with E-state index in [2.05, 4.69) is 6.08 Å². The van der Waals surface area contributed by atoms with Crippen molar-refractivity contribution in [3.63, 3.8) is 0 Å². The first kappa shape index (κ1) is 13.3. The Balaban J connectivity index is 2.10. The minimum atomic E-state index is -1.00. The van der Waals surface area contributed by atoms with Crippen molar-refractivity contribution in [3.05, 3.63) is 42.5 Å². The Bertz CT molecular complexity index is 481. The Hall–Kier alpha value is -2.10. The van der Waals surface area contributed by atoms with E-state index in [4.69, 9.17) is 5.11 Å². The second kappa shape index (κ2) is 6.18. The summed E-state index contributed by atoms with van der Waals surface area (Å²) >= 11 is 0. The van der Waals surface area contributed by atoms with Gasteiger partial charge in [0.2, 0.25) is 5.91 Å². The predicted octanol–water partition coefficient (Wildman–Crippen LogP) is 2.46. The lowest BCUT2D eigenvalue weighted by molar-refractivity contribution is -0.136. The van der Waals surface area contributed by atoms with Crippen molar-refractivity contribution >= 4 is 17.6 Å². The third kappa shape index (κ3) is 3.68. The average molecular weight is 259 g/mol. The molecule has 0 fully saturated rings. The van der Waals surface area contributed by atoms with Crippen LogP contribution in [0.4, 0.5) is 5.69 Å². The van der Waals surface area contributed by atoms with E-state index >= 15 is 0 Å². The maximum Gasteiger partial charge on any atom is 0.323 e. The number of allylic oxidation sites excluding steroid dienone is 2. The van der Waals surface area contributed by atoms with Gasteiger partial charge in [0.15, 0.2) is 0 Å². The molecule has 0 bridgehead atoms. The number of carboxylic acids is 1. The van der Waals surface area contributed by atoms with Gasteiger partial charge < -0.3 is 10.0 Å². The molecule has 0 saturated heterocycles. The lowest BCUT2D eigenvalue weighted by Crippen LogP contribution is -2.36. The number of carbonyl (C=O) groups excluding carboxylic acids is 1. The van der Waals surface area contributed by atoms with E-state index < -0.39 is 5.97 Å². The average Bonchev–Trinajstić information content (AvgIpc) is 2.89. The normalized spacial score (nSPS) is 17.4. The number of hydrogen-bond donors (Lipinski definition) is 1. The van der Waals surface area contributed by atoms with E-state index in [1.807, 2.05) is 12.1 Å². The summed E-state index contributed by atoms with van der Waals surface area (Å²) in [5, 5.41) is 8.95. The van der Waals surface area contributed by atoms with Crippen molar-refractivity contribution in [1.82, 2.24) is 0 Å². The number of carboxylic acid groups (broad SMARTS) is 1. The van der Waals surface area contributed by atoms with E-state index in [0.29, 0.717) is 12.1 Å². The maximum atomic E-state index is 12.3. The Morgan fingerprint density at radius 3 is 2.58 bits per heavy atom. The van der Waals surface area contributed by atoms with Crippen LogP contribution in [-0.2, 0) is 9.59 Å². The van der Waals surface area contributed by atoms with Crippen molar-refractivity contribution in [2.24, 2.45) is 5.92 Å². The minimum absolute atomic E-state index is 0.134. The van der Waals surface area contributed by atoms with E-state index in [9.17, 15) is 9.59 Å². The largest absolute Gasteiger partial charge is 0.480 e. The molecular weight excluding hydrogens is 242 g/mol. The fourth-order valence-electron chi connectivity index (χ4n) is 2.27. The SMILES string of the molecule is O=C(O)CN(C(=O)CC1C=CCC1)c1ccccc1. The monoisotopic (exact) mass is 259 g/mol. The van der Waals surface area contributed by atoms with Crippen LogP contribution in [0.25, 0.3) is 0 Å². The first-order chi connectivity index (χ1) is 9.16. The molecule has 1 aromatic rings. The zero-order chi connectivity index (χ0) is 13.7. The lowest BCUT2D eigenvalue weighted by atomic mass is 10.0. The van der Waals surface area contributed by atoms with Gasteiger partial charge in [0.05, 0.1) is 0 Å². The fraction of sp³-hybridized carbons (Fsp3) is 0.333. The molecule has 100 valence electrons. The molecule has 4 nitrogen and oxygen atoms in total. The van der Waals surface area contributed by atoms with Crippen molar-refractivity contribution < 1.29 is 14.7 Å². The molecule has 1 N–H and O–H groups in total. The molecule has 1 aromatic carbocycles. The summed E-state index contributed by atoms with van der Waals surface area (Å²) in [5.41, 5.74) is 0.636. The number of carbonyl (C=O) groups is 2. The van der Waals surface area contributed by atoms with E-state index in [-0.39, 0.29) is 18.4 Å². The highest BCUT2D eigenvalue weighted by Gasteiger charge is 2.22. The highest BCUT2D eigenvalue weighted by Crippen LogP contribution is 2.23. The highest BCUT2D eigenvalue weighted by atomic mass is 16.4. The van der Waals surface area contributed by atoms with Crippen molar-refractivity contribution in [2.45, 2.75) is 19.3 Å². The van der Waals surface area contributed by atoms with Crippen molar-refractivity contribution in [1.29, 1.82) is 0 Å². The van der Waals surface area contributed by atoms with Crippen LogP contribution in [0.15, 0.2) is 42.5 Å². The molecule has 0 aliphatic heterocycles. The van der Waals surface area contributed by atoms with Crippen LogP contribution >= 0.6 is 0 Å². The summed E-state index contributed by atoms with van der Waals surface area (Å²) < 4.78 is 0. The number of hydrogen-bond acceptors (Lipinski definition) is 2. The molecule has 1 unspecified atom stereocenters. The molecule has 19 heavy (non-hydrogen) atoms. The van der Waals surface area contributed by atoms with Crippen LogP contribution in [0.3, 0.4) is 0 Å². The summed E-state index contributed by atoms with van der Waals surface area (Å²) in [7, 11) is 0. The summed E-state index contributed by atoms with van der Waals surface area (Å²) in [6, 6.07) is 8.95. The number of aliphatic carboxylic acids is 1. The quantitative estimate of drug-likeness (QED) is 0.826. The van der Waals surface area contributed by atoms with Crippen LogP contribution in [0.1, 0.15) is 19.3 Å². The van der Waals surface area contributed by atoms with Gasteiger partial charge in [-0.05, 0) is 30.9 Å². The maximum absolute atomic E-state index is 12.3. The Labute approximate surface area is 112 Å². The summed E-state index contributed by atoms with van der Waals surface area (Å²) in [4.78, 5) is 24.5. The zero-order valence-corrected chi connectivity index (χ0v) is 10.7. The molecule has 2 rings (SSSR count). The molecular formula is C15H17NO3. The first-order valence-electron chi connectivity index (χ1n) is 6.40. The molecule has 0 radical (unpaired) electrons. The van der Waals surface area contributed by atoms with E-state index in [1.165, 1.54) is 4.90 Å². The topological polar surface area (TPSA) is 57.6 Å². The van der Waals surface area contributed by atoms with Gasteiger partial charge in [0.1, 0.15) is 6.54 Å². The smallest absolute Gasteiger partial charge is 0.323 e. The third-order valence-electron chi connectivity index (χ3n) is 3.21. The Morgan fingerprint density at radius 1 is 1.26 bits per heavy atom. The zero-order valence-electron chi connectivity index (χ0n) is 10.7. The van der Waals surface area contributed by atoms with Gasteiger partial charge in [0, 0.05) is 12.1 Å². The molecule has 1 aliphatic rings. The number of nitrogens with zero attached hydrogens (tertiary/aromatic N) is 1. The van der Waals surface area contributed by atoms with Crippen LogP contribution in [0.5, 0.6) is 0 Å². The number of benzene rings is 1. The second-order valence-electron chi connectivity index (χ2n) is 4.68. The highest BCUT2D eigenvalue weighted by molar-refractivity contribution is 5.97.